The molecule has 0 unspecified atom stereocenters. The van der Waals surface area contributed by atoms with Crippen LogP contribution < -0.4 is 10.5 Å². The highest BCUT2D eigenvalue weighted by Crippen LogP contribution is 2.28. The lowest BCUT2D eigenvalue weighted by Crippen LogP contribution is -2.08. The second-order valence-electron chi connectivity index (χ2n) is 5.26. The van der Waals surface area contributed by atoms with E-state index in [-0.39, 0.29) is 6.04 Å². The van der Waals surface area contributed by atoms with E-state index in [1.54, 1.807) is 0 Å². The Morgan fingerprint density at radius 3 is 2.35 bits per heavy atom. The summed E-state index contributed by atoms with van der Waals surface area (Å²) in [5, 5.41) is 0. The summed E-state index contributed by atoms with van der Waals surface area (Å²) < 4.78 is 6.96. The number of halogens is 1. The van der Waals surface area contributed by atoms with Crippen molar-refractivity contribution in [1.29, 1.82) is 0 Å². The molecule has 2 N–H and O–H groups in total. The van der Waals surface area contributed by atoms with Crippen LogP contribution in [-0.4, -0.2) is 0 Å². The Kier molecular flexibility index (Phi) is 4.84. The smallest absolute Gasteiger partial charge is 0.125 e. The minimum Gasteiger partial charge on any atom is -0.489 e. The normalized spacial score (nSPS) is 12.2. The lowest BCUT2D eigenvalue weighted by atomic mass is 10.1. The Hall–Kier alpha value is -1.32. The predicted molar refractivity (Wildman–Crippen MR) is 87.0 cm³/mol. The summed E-state index contributed by atoms with van der Waals surface area (Å²) in [6, 6.07) is 12.4. The van der Waals surface area contributed by atoms with Crippen molar-refractivity contribution in [2.75, 3.05) is 0 Å². The fraction of sp³-hybridized carbons (Fsp3) is 0.294. The minimum atomic E-state index is -0.0441. The zero-order chi connectivity index (χ0) is 14.7. The van der Waals surface area contributed by atoms with Crippen molar-refractivity contribution in [3.05, 3.63) is 63.1 Å². The summed E-state index contributed by atoms with van der Waals surface area (Å²) in [7, 11) is 0. The molecule has 2 nitrogen and oxygen atoms in total. The van der Waals surface area contributed by atoms with Gasteiger partial charge in [0.2, 0.25) is 0 Å². The number of ether oxygens (including phenoxy) is 1. The fourth-order valence-corrected chi connectivity index (χ4v) is 2.66. The van der Waals surface area contributed by atoms with Crippen molar-refractivity contribution in [2.45, 2.75) is 33.4 Å². The maximum absolute atomic E-state index is 5.99. The number of nitrogens with two attached hydrogens (primary N) is 1. The van der Waals surface area contributed by atoms with Crippen LogP contribution in [0.4, 0.5) is 0 Å². The maximum Gasteiger partial charge on any atom is 0.125 e. The summed E-state index contributed by atoms with van der Waals surface area (Å²) in [6.07, 6.45) is 0. The van der Waals surface area contributed by atoms with Gasteiger partial charge in [0.25, 0.3) is 0 Å². The molecule has 20 heavy (non-hydrogen) atoms. The van der Waals surface area contributed by atoms with Gasteiger partial charge in [0.05, 0.1) is 0 Å². The van der Waals surface area contributed by atoms with E-state index in [1.807, 2.05) is 25.1 Å². The first-order valence-electron chi connectivity index (χ1n) is 6.70. The molecule has 2 aromatic rings. The summed E-state index contributed by atoms with van der Waals surface area (Å²) in [5.74, 6) is 0.841. The Labute approximate surface area is 129 Å². The lowest BCUT2D eigenvalue weighted by Gasteiger charge is -2.15. The molecule has 0 aromatic heterocycles. The third kappa shape index (κ3) is 3.84. The minimum absolute atomic E-state index is 0.0441. The quantitative estimate of drug-likeness (QED) is 0.882. The average molecular weight is 334 g/mol. The van der Waals surface area contributed by atoms with Gasteiger partial charge in [-0.2, -0.15) is 0 Å². The van der Waals surface area contributed by atoms with Crippen LogP contribution in [0.15, 0.2) is 40.9 Å². The Balaban J connectivity index is 2.20. The van der Waals surface area contributed by atoms with Crippen molar-refractivity contribution in [1.82, 2.24) is 0 Å². The standard InChI is InChI=1S/C17H20BrNO/c1-11-6-12(2)8-14(7-11)10-20-17-9-15(18)4-5-16(17)13(3)19/h4-9,13H,10,19H2,1-3H3/t13-/m1/s1. The number of hydrogen-bond donors (Lipinski definition) is 1. The van der Waals surface area contributed by atoms with Crippen molar-refractivity contribution in [2.24, 2.45) is 5.73 Å². The predicted octanol–water partition coefficient (Wildman–Crippen LogP) is 4.66. The van der Waals surface area contributed by atoms with Gasteiger partial charge in [0, 0.05) is 16.1 Å². The largest absolute Gasteiger partial charge is 0.489 e. The molecule has 0 amide bonds. The molecule has 106 valence electrons. The van der Waals surface area contributed by atoms with Gasteiger partial charge in [-0.3, -0.25) is 0 Å². The van der Waals surface area contributed by atoms with Gasteiger partial charge in [-0.1, -0.05) is 51.3 Å². The Morgan fingerprint density at radius 2 is 1.75 bits per heavy atom. The molecule has 0 aliphatic carbocycles. The molecule has 0 saturated heterocycles. The van der Waals surface area contributed by atoms with Gasteiger partial charge in [-0.15, -0.1) is 0 Å². The first-order chi connectivity index (χ1) is 9.45. The maximum atomic E-state index is 5.99. The molecule has 2 rings (SSSR count). The zero-order valence-corrected chi connectivity index (χ0v) is 13.7. The van der Waals surface area contributed by atoms with Gasteiger partial charge in [0.15, 0.2) is 0 Å². The molecule has 0 saturated carbocycles. The molecule has 0 bridgehead atoms. The van der Waals surface area contributed by atoms with E-state index in [4.69, 9.17) is 10.5 Å². The van der Waals surface area contributed by atoms with Gasteiger partial charge in [0.1, 0.15) is 12.4 Å². The third-order valence-electron chi connectivity index (χ3n) is 3.14. The van der Waals surface area contributed by atoms with Crippen molar-refractivity contribution < 1.29 is 4.74 Å². The van der Waals surface area contributed by atoms with E-state index < -0.39 is 0 Å². The third-order valence-corrected chi connectivity index (χ3v) is 3.64. The Bertz CT molecular complexity index is 588. The zero-order valence-electron chi connectivity index (χ0n) is 12.1. The molecule has 2 aromatic carbocycles. The van der Waals surface area contributed by atoms with Crippen molar-refractivity contribution in [3.63, 3.8) is 0 Å². The second kappa shape index (κ2) is 6.42. The van der Waals surface area contributed by atoms with Gasteiger partial charge < -0.3 is 10.5 Å². The summed E-state index contributed by atoms with van der Waals surface area (Å²) in [4.78, 5) is 0. The SMILES string of the molecule is Cc1cc(C)cc(COc2cc(Br)ccc2[C@@H](C)N)c1. The monoisotopic (exact) mass is 333 g/mol. The molecule has 0 spiro atoms. The van der Waals surface area contributed by atoms with Crippen molar-refractivity contribution >= 4 is 15.9 Å². The molecule has 1 atom stereocenters. The number of aryl methyl sites for hydroxylation is 2. The van der Waals surface area contributed by atoms with Crippen molar-refractivity contribution in [3.8, 4) is 5.75 Å². The number of hydrogen-bond acceptors (Lipinski definition) is 2. The average Bonchev–Trinajstić information content (AvgIpc) is 2.35. The molecule has 0 radical (unpaired) electrons. The van der Waals surface area contributed by atoms with E-state index in [0.717, 1.165) is 15.8 Å². The van der Waals surface area contributed by atoms with Gasteiger partial charge >= 0.3 is 0 Å². The highest BCUT2D eigenvalue weighted by molar-refractivity contribution is 9.10. The molecular weight excluding hydrogens is 314 g/mol. The summed E-state index contributed by atoms with van der Waals surface area (Å²) >= 11 is 3.47. The lowest BCUT2D eigenvalue weighted by molar-refractivity contribution is 0.301. The molecule has 3 heteroatoms. The van der Waals surface area contributed by atoms with E-state index in [9.17, 15) is 0 Å². The van der Waals surface area contributed by atoms with Crippen LogP contribution in [0.2, 0.25) is 0 Å². The van der Waals surface area contributed by atoms with Crippen LogP contribution in [0, 0.1) is 13.8 Å². The van der Waals surface area contributed by atoms with E-state index in [2.05, 4.69) is 48.0 Å². The van der Waals surface area contributed by atoms with E-state index >= 15 is 0 Å². The first kappa shape index (κ1) is 15.1. The van der Waals surface area contributed by atoms with Gasteiger partial charge in [-0.05, 0) is 38.5 Å². The van der Waals surface area contributed by atoms with Crippen LogP contribution in [0.3, 0.4) is 0 Å². The van der Waals surface area contributed by atoms with Crippen LogP contribution in [-0.2, 0) is 6.61 Å². The highest BCUT2D eigenvalue weighted by atomic mass is 79.9. The Morgan fingerprint density at radius 1 is 1.10 bits per heavy atom. The fourth-order valence-electron chi connectivity index (χ4n) is 2.32. The molecular formula is C17H20BrNO. The topological polar surface area (TPSA) is 35.2 Å². The van der Waals surface area contributed by atoms with Crippen LogP contribution in [0.25, 0.3) is 0 Å². The first-order valence-corrected chi connectivity index (χ1v) is 7.50. The van der Waals surface area contributed by atoms with Gasteiger partial charge in [-0.25, -0.2) is 0 Å². The molecule has 0 fully saturated rings. The van der Waals surface area contributed by atoms with Crippen LogP contribution >= 0.6 is 15.9 Å². The molecule has 0 heterocycles. The second-order valence-corrected chi connectivity index (χ2v) is 6.17. The summed E-state index contributed by atoms with van der Waals surface area (Å²) in [6.45, 7) is 6.72. The summed E-state index contributed by atoms with van der Waals surface area (Å²) in [5.41, 5.74) is 10.7. The van der Waals surface area contributed by atoms with E-state index in [1.165, 1.54) is 16.7 Å². The number of rotatable bonds is 4. The molecule has 0 aliphatic rings. The van der Waals surface area contributed by atoms with Crippen LogP contribution in [0.5, 0.6) is 5.75 Å². The highest BCUT2D eigenvalue weighted by Gasteiger charge is 2.09. The number of benzene rings is 2. The molecule has 0 aliphatic heterocycles. The van der Waals surface area contributed by atoms with Crippen LogP contribution in [0.1, 0.15) is 35.2 Å². The van der Waals surface area contributed by atoms with E-state index in [0.29, 0.717) is 6.61 Å².